The molecule has 1 aliphatic rings. The van der Waals surface area contributed by atoms with Crippen LogP contribution >= 0.6 is 22.9 Å². The van der Waals surface area contributed by atoms with Gasteiger partial charge in [-0.15, -0.1) is 11.3 Å². The van der Waals surface area contributed by atoms with Gasteiger partial charge in [-0.1, -0.05) is 17.7 Å². The number of piperazine rings is 1. The van der Waals surface area contributed by atoms with Crippen molar-refractivity contribution in [1.82, 2.24) is 19.2 Å². The number of H-pyrrole nitrogens is 1. The number of aromatic amines is 1. The lowest BCUT2D eigenvalue weighted by Gasteiger charge is -2.33. The monoisotopic (exact) mass is 461 g/mol. The van der Waals surface area contributed by atoms with Crippen molar-refractivity contribution in [3.8, 4) is 0 Å². The third-order valence-electron chi connectivity index (χ3n) is 5.41. The maximum Gasteiger partial charge on any atom is 0.252 e. The molecule has 0 atom stereocenters. The van der Waals surface area contributed by atoms with Crippen LogP contribution in [0.2, 0.25) is 5.02 Å². The first-order valence-corrected chi connectivity index (χ1v) is 12.2. The number of aromatic nitrogens is 2. The van der Waals surface area contributed by atoms with Crippen molar-refractivity contribution in [1.29, 1.82) is 0 Å². The number of pyridine rings is 1. The fourth-order valence-electron chi connectivity index (χ4n) is 3.82. The summed E-state index contributed by atoms with van der Waals surface area (Å²) in [6.45, 7) is 2.96. The number of fused-ring (bicyclic) bond motifs is 2. The lowest BCUT2D eigenvalue weighted by Crippen LogP contribution is -2.48. The van der Waals surface area contributed by atoms with Crippen LogP contribution < -0.4 is 5.73 Å². The van der Waals surface area contributed by atoms with Gasteiger partial charge in [0.15, 0.2) is 0 Å². The SMILES string of the molecule is Nc1nccc2[nH]c(CN3CCN(S(=O)(=O)c4cc5ccc(Cl)cc5s4)CC3)cc12. The maximum absolute atomic E-state index is 13.1. The first kappa shape index (κ1) is 19.8. The highest BCUT2D eigenvalue weighted by Crippen LogP contribution is 2.33. The predicted octanol–water partition coefficient (Wildman–Crippen LogP) is 3.52. The number of hydrogen-bond acceptors (Lipinski definition) is 6. The van der Waals surface area contributed by atoms with Crippen LogP contribution in [0.1, 0.15) is 5.69 Å². The van der Waals surface area contributed by atoms with Crippen molar-refractivity contribution in [3.63, 3.8) is 0 Å². The number of nitrogen functional groups attached to an aromatic ring is 1. The van der Waals surface area contributed by atoms with E-state index >= 15 is 0 Å². The molecule has 0 spiro atoms. The summed E-state index contributed by atoms with van der Waals surface area (Å²) >= 11 is 7.30. The number of rotatable bonds is 4. The lowest BCUT2D eigenvalue weighted by atomic mass is 10.3. The fourth-order valence-corrected chi connectivity index (χ4v) is 7.07. The van der Waals surface area contributed by atoms with E-state index in [-0.39, 0.29) is 0 Å². The molecule has 5 rings (SSSR count). The second kappa shape index (κ2) is 7.51. The van der Waals surface area contributed by atoms with Gasteiger partial charge in [-0.2, -0.15) is 4.31 Å². The van der Waals surface area contributed by atoms with E-state index in [2.05, 4.69) is 14.9 Å². The Morgan fingerprint density at radius 3 is 2.70 bits per heavy atom. The molecule has 0 saturated carbocycles. The smallest absolute Gasteiger partial charge is 0.252 e. The first-order valence-electron chi connectivity index (χ1n) is 9.54. The van der Waals surface area contributed by atoms with Crippen molar-refractivity contribution in [2.24, 2.45) is 0 Å². The van der Waals surface area contributed by atoms with Crippen LogP contribution in [-0.2, 0) is 16.6 Å². The van der Waals surface area contributed by atoms with Crippen LogP contribution in [0.25, 0.3) is 21.0 Å². The maximum atomic E-state index is 13.1. The van der Waals surface area contributed by atoms with Gasteiger partial charge in [-0.3, -0.25) is 4.90 Å². The minimum atomic E-state index is -3.51. The number of anilines is 1. The highest BCUT2D eigenvalue weighted by molar-refractivity contribution is 7.91. The summed E-state index contributed by atoms with van der Waals surface area (Å²) in [5, 5.41) is 2.42. The molecule has 3 N–H and O–H groups in total. The number of nitrogens with two attached hydrogens (primary N) is 1. The zero-order valence-electron chi connectivity index (χ0n) is 16.0. The standard InChI is InChI=1S/C20H20ClN5O2S2/c21-14-2-1-13-9-19(29-18(13)10-14)30(27,28)26-7-5-25(6-8-26)12-15-11-16-17(24-15)3-4-23-20(16)22/h1-4,9-11,24H,5-8,12H2,(H2,22,23). The molecule has 0 radical (unpaired) electrons. The van der Waals surface area contributed by atoms with Crippen LogP contribution in [0.15, 0.2) is 46.8 Å². The van der Waals surface area contributed by atoms with Crippen LogP contribution in [0.5, 0.6) is 0 Å². The third kappa shape index (κ3) is 3.57. The van der Waals surface area contributed by atoms with E-state index in [1.54, 1.807) is 28.7 Å². The molecule has 0 bridgehead atoms. The Bertz CT molecular complexity index is 1340. The van der Waals surface area contributed by atoms with Crippen molar-refractivity contribution < 1.29 is 8.42 Å². The van der Waals surface area contributed by atoms with E-state index in [1.165, 1.54) is 11.3 Å². The van der Waals surface area contributed by atoms with Gasteiger partial charge in [0, 0.05) is 59.7 Å². The average Bonchev–Trinajstić information content (AvgIpc) is 3.33. The second-order valence-corrected chi connectivity index (χ2v) is 11.1. The van der Waals surface area contributed by atoms with Gasteiger partial charge in [0.1, 0.15) is 10.0 Å². The zero-order chi connectivity index (χ0) is 20.9. The van der Waals surface area contributed by atoms with Gasteiger partial charge < -0.3 is 10.7 Å². The van der Waals surface area contributed by atoms with E-state index in [1.807, 2.05) is 18.2 Å². The van der Waals surface area contributed by atoms with Gasteiger partial charge in [0.2, 0.25) is 0 Å². The van der Waals surface area contributed by atoms with E-state index in [0.717, 1.165) is 26.7 Å². The number of hydrogen-bond donors (Lipinski definition) is 2. The number of thiophene rings is 1. The molecule has 156 valence electrons. The van der Waals surface area contributed by atoms with Gasteiger partial charge in [-0.05, 0) is 35.7 Å². The number of nitrogens with zero attached hydrogens (tertiary/aromatic N) is 3. The summed E-state index contributed by atoms with van der Waals surface area (Å²) < 4.78 is 29.1. The van der Waals surface area contributed by atoms with E-state index < -0.39 is 10.0 Å². The first-order chi connectivity index (χ1) is 14.4. The number of halogens is 1. The third-order valence-corrected chi connectivity index (χ3v) is 9.09. The van der Waals surface area contributed by atoms with Gasteiger partial charge in [0.05, 0.1) is 5.52 Å². The minimum absolute atomic E-state index is 0.367. The molecule has 4 heterocycles. The summed E-state index contributed by atoms with van der Waals surface area (Å²) in [5.74, 6) is 0.510. The van der Waals surface area contributed by atoms with Crippen LogP contribution in [-0.4, -0.2) is 53.8 Å². The predicted molar refractivity (Wildman–Crippen MR) is 121 cm³/mol. The van der Waals surface area contributed by atoms with Gasteiger partial charge in [-0.25, -0.2) is 13.4 Å². The highest BCUT2D eigenvalue weighted by atomic mass is 35.5. The Morgan fingerprint density at radius 1 is 1.13 bits per heavy atom. The van der Waals surface area contributed by atoms with Crippen LogP contribution in [0.3, 0.4) is 0 Å². The molecule has 0 amide bonds. The highest BCUT2D eigenvalue weighted by Gasteiger charge is 2.30. The number of sulfonamides is 1. The van der Waals surface area contributed by atoms with Crippen molar-refractivity contribution in [3.05, 3.63) is 53.3 Å². The van der Waals surface area contributed by atoms with Crippen molar-refractivity contribution >= 4 is 59.8 Å². The van der Waals surface area contributed by atoms with E-state index in [4.69, 9.17) is 17.3 Å². The Hall–Kier alpha value is -2.17. The van der Waals surface area contributed by atoms with Crippen LogP contribution in [0, 0.1) is 0 Å². The molecule has 1 saturated heterocycles. The Kier molecular flexibility index (Phi) is 4.95. The van der Waals surface area contributed by atoms with Gasteiger partial charge in [0.25, 0.3) is 10.0 Å². The Balaban J connectivity index is 1.28. The molecule has 1 aliphatic heterocycles. The quantitative estimate of drug-likeness (QED) is 0.484. The topological polar surface area (TPSA) is 95.3 Å². The number of benzene rings is 1. The molecule has 10 heteroatoms. The fraction of sp³-hybridized carbons (Fsp3) is 0.250. The Labute approximate surface area is 183 Å². The van der Waals surface area contributed by atoms with Crippen molar-refractivity contribution in [2.45, 2.75) is 10.8 Å². The number of nitrogens with one attached hydrogen (secondary N) is 1. The minimum Gasteiger partial charge on any atom is -0.383 e. The normalized spacial score (nSPS) is 16.6. The molecule has 0 unspecified atom stereocenters. The molecule has 30 heavy (non-hydrogen) atoms. The van der Waals surface area contributed by atoms with E-state index in [9.17, 15) is 8.42 Å². The summed E-state index contributed by atoms with van der Waals surface area (Å²) in [6, 6.07) is 11.1. The van der Waals surface area contributed by atoms with E-state index in [0.29, 0.717) is 47.8 Å². The average molecular weight is 462 g/mol. The summed E-state index contributed by atoms with van der Waals surface area (Å²) in [5.41, 5.74) is 7.94. The zero-order valence-corrected chi connectivity index (χ0v) is 18.4. The van der Waals surface area contributed by atoms with Crippen molar-refractivity contribution in [2.75, 3.05) is 31.9 Å². The Morgan fingerprint density at radius 2 is 1.93 bits per heavy atom. The largest absolute Gasteiger partial charge is 0.383 e. The summed E-state index contributed by atoms with van der Waals surface area (Å²) in [7, 11) is -3.51. The molecule has 0 aliphatic carbocycles. The molecule has 1 aromatic carbocycles. The summed E-state index contributed by atoms with van der Waals surface area (Å²) in [4.78, 5) is 9.73. The molecule has 7 nitrogen and oxygen atoms in total. The summed E-state index contributed by atoms with van der Waals surface area (Å²) in [6.07, 6.45) is 1.68. The molecular weight excluding hydrogens is 442 g/mol. The van der Waals surface area contributed by atoms with Crippen LogP contribution in [0.4, 0.5) is 5.82 Å². The lowest BCUT2D eigenvalue weighted by molar-refractivity contribution is 0.180. The molecule has 3 aromatic heterocycles. The molecule has 1 fully saturated rings. The van der Waals surface area contributed by atoms with Gasteiger partial charge >= 0.3 is 0 Å². The molecular formula is C20H20ClN5O2S2. The second-order valence-electron chi connectivity index (χ2n) is 7.38. The molecule has 4 aromatic rings.